The molecule has 0 radical (unpaired) electrons. The minimum Gasteiger partial charge on any atom is -0.497 e. The van der Waals surface area contributed by atoms with E-state index in [1.807, 2.05) is 42.1 Å². The molecule has 0 atom stereocenters. The van der Waals surface area contributed by atoms with Crippen molar-refractivity contribution in [2.45, 2.75) is 19.8 Å². The molecule has 96 valence electrons. The van der Waals surface area contributed by atoms with Crippen LogP contribution in [0.3, 0.4) is 0 Å². The minimum absolute atomic E-state index is 0.215. The molecular weight excluding hydrogens is 228 g/mol. The van der Waals surface area contributed by atoms with Gasteiger partial charge in [-0.25, -0.2) is 4.68 Å². The second-order valence-corrected chi connectivity index (χ2v) is 4.19. The Morgan fingerprint density at radius 1 is 1.28 bits per heavy atom. The molecule has 0 bridgehead atoms. The topological polar surface area (TPSA) is 47.3 Å². The Balaban J connectivity index is 2.24. The van der Waals surface area contributed by atoms with Crippen LogP contribution in [0.25, 0.3) is 5.69 Å². The zero-order chi connectivity index (χ0) is 13.0. The summed E-state index contributed by atoms with van der Waals surface area (Å²) in [5.74, 6) is 0.837. The molecular formula is C14H18N2O2. The Hall–Kier alpha value is -1.81. The standard InChI is InChI=1S/C14H18N2O2/c1-11-12(4-3-9-17)10-15-16(11)13-5-7-14(18-2)8-6-13/h5-8,10,17H,3-4,9H2,1-2H3. The van der Waals surface area contributed by atoms with E-state index >= 15 is 0 Å². The molecule has 4 heteroatoms. The molecule has 1 heterocycles. The van der Waals surface area contributed by atoms with E-state index in [1.54, 1.807) is 7.11 Å². The average Bonchev–Trinajstić information content (AvgIpc) is 2.78. The van der Waals surface area contributed by atoms with Crippen molar-refractivity contribution in [2.75, 3.05) is 13.7 Å². The van der Waals surface area contributed by atoms with Crippen molar-refractivity contribution in [3.05, 3.63) is 41.7 Å². The van der Waals surface area contributed by atoms with Crippen LogP contribution in [0.2, 0.25) is 0 Å². The molecule has 1 N–H and O–H groups in total. The van der Waals surface area contributed by atoms with E-state index in [9.17, 15) is 0 Å². The van der Waals surface area contributed by atoms with Crippen LogP contribution in [0.15, 0.2) is 30.5 Å². The van der Waals surface area contributed by atoms with Gasteiger partial charge < -0.3 is 9.84 Å². The van der Waals surface area contributed by atoms with Crippen molar-refractivity contribution in [1.29, 1.82) is 0 Å². The van der Waals surface area contributed by atoms with Gasteiger partial charge in [0.25, 0.3) is 0 Å². The third kappa shape index (κ3) is 2.54. The molecule has 0 aliphatic rings. The van der Waals surface area contributed by atoms with Crippen LogP contribution in [0.5, 0.6) is 5.75 Å². The second-order valence-electron chi connectivity index (χ2n) is 4.19. The van der Waals surface area contributed by atoms with Crippen molar-refractivity contribution in [3.63, 3.8) is 0 Å². The van der Waals surface area contributed by atoms with Crippen LogP contribution in [-0.2, 0) is 6.42 Å². The molecule has 1 aromatic carbocycles. The Labute approximate surface area is 107 Å². The summed E-state index contributed by atoms with van der Waals surface area (Å²) in [6, 6.07) is 7.80. The molecule has 0 saturated heterocycles. The smallest absolute Gasteiger partial charge is 0.119 e. The van der Waals surface area contributed by atoms with E-state index < -0.39 is 0 Å². The van der Waals surface area contributed by atoms with Gasteiger partial charge in [-0.05, 0) is 49.6 Å². The van der Waals surface area contributed by atoms with Crippen LogP contribution in [0, 0.1) is 6.92 Å². The predicted octanol–water partition coefficient (Wildman–Crippen LogP) is 2.11. The highest BCUT2D eigenvalue weighted by Crippen LogP contribution is 2.18. The van der Waals surface area contributed by atoms with Crippen molar-refractivity contribution in [1.82, 2.24) is 9.78 Å². The fourth-order valence-corrected chi connectivity index (χ4v) is 1.94. The zero-order valence-electron chi connectivity index (χ0n) is 10.8. The van der Waals surface area contributed by atoms with E-state index in [4.69, 9.17) is 9.84 Å². The number of rotatable bonds is 5. The maximum atomic E-state index is 8.86. The van der Waals surface area contributed by atoms with Crippen LogP contribution in [-0.4, -0.2) is 28.6 Å². The monoisotopic (exact) mass is 246 g/mol. The van der Waals surface area contributed by atoms with Gasteiger partial charge in [0.15, 0.2) is 0 Å². The maximum absolute atomic E-state index is 8.86. The van der Waals surface area contributed by atoms with E-state index in [-0.39, 0.29) is 6.61 Å². The van der Waals surface area contributed by atoms with Gasteiger partial charge in [0, 0.05) is 12.3 Å². The molecule has 0 spiro atoms. The van der Waals surface area contributed by atoms with Gasteiger partial charge in [0.2, 0.25) is 0 Å². The molecule has 0 aliphatic carbocycles. The minimum atomic E-state index is 0.215. The van der Waals surface area contributed by atoms with E-state index in [0.29, 0.717) is 0 Å². The Morgan fingerprint density at radius 2 is 2.00 bits per heavy atom. The van der Waals surface area contributed by atoms with Crippen LogP contribution in [0.4, 0.5) is 0 Å². The number of benzene rings is 1. The fraction of sp³-hybridized carbons (Fsp3) is 0.357. The van der Waals surface area contributed by atoms with Gasteiger partial charge in [0.1, 0.15) is 5.75 Å². The molecule has 0 fully saturated rings. The first-order valence-corrected chi connectivity index (χ1v) is 6.05. The Kier molecular flexibility index (Phi) is 3.99. The highest BCUT2D eigenvalue weighted by Gasteiger charge is 2.07. The lowest BCUT2D eigenvalue weighted by Gasteiger charge is -2.06. The molecule has 1 aromatic heterocycles. The summed E-state index contributed by atoms with van der Waals surface area (Å²) in [4.78, 5) is 0. The highest BCUT2D eigenvalue weighted by atomic mass is 16.5. The lowest BCUT2D eigenvalue weighted by atomic mass is 10.1. The summed E-state index contributed by atoms with van der Waals surface area (Å²) in [7, 11) is 1.65. The van der Waals surface area contributed by atoms with E-state index in [2.05, 4.69) is 5.10 Å². The van der Waals surface area contributed by atoms with Gasteiger partial charge in [-0.2, -0.15) is 5.10 Å². The van der Waals surface area contributed by atoms with Gasteiger partial charge in [-0.1, -0.05) is 0 Å². The molecule has 0 amide bonds. The Morgan fingerprint density at radius 3 is 2.61 bits per heavy atom. The number of hydrogen-bond donors (Lipinski definition) is 1. The number of ether oxygens (including phenoxy) is 1. The predicted molar refractivity (Wildman–Crippen MR) is 70.3 cm³/mol. The SMILES string of the molecule is COc1ccc(-n2ncc(CCCO)c2C)cc1. The number of aromatic nitrogens is 2. The van der Waals surface area contributed by atoms with Crippen molar-refractivity contribution in [2.24, 2.45) is 0 Å². The van der Waals surface area contributed by atoms with E-state index in [1.165, 1.54) is 5.56 Å². The summed E-state index contributed by atoms with van der Waals surface area (Å²) < 4.78 is 7.05. The number of aryl methyl sites for hydroxylation is 1. The Bertz CT molecular complexity index is 503. The fourth-order valence-electron chi connectivity index (χ4n) is 1.94. The molecule has 0 unspecified atom stereocenters. The van der Waals surface area contributed by atoms with Gasteiger partial charge in [-0.3, -0.25) is 0 Å². The third-order valence-electron chi connectivity index (χ3n) is 3.03. The highest BCUT2D eigenvalue weighted by molar-refractivity contribution is 5.39. The number of aliphatic hydroxyl groups is 1. The number of aliphatic hydroxyl groups excluding tert-OH is 1. The van der Waals surface area contributed by atoms with Gasteiger partial charge >= 0.3 is 0 Å². The first kappa shape index (κ1) is 12.6. The molecule has 18 heavy (non-hydrogen) atoms. The molecule has 0 saturated carbocycles. The van der Waals surface area contributed by atoms with Gasteiger partial charge in [-0.15, -0.1) is 0 Å². The van der Waals surface area contributed by atoms with Crippen molar-refractivity contribution < 1.29 is 9.84 Å². The summed E-state index contributed by atoms with van der Waals surface area (Å²) in [5.41, 5.74) is 3.32. The molecule has 2 rings (SSSR count). The second kappa shape index (κ2) is 5.69. The molecule has 0 aliphatic heterocycles. The lowest BCUT2D eigenvalue weighted by molar-refractivity contribution is 0.288. The summed E-state index contributed by atoms with van der Waals surface area (Å²) in [6.45, 7) is 2.26. The van der Waals surface area contributed by atoms with Crippen LogP contribution >= 0.6 is 0 Å². The molecule has 2 aromatic rings. The van der Waals surface area contributed by atoms with Crippen molar-refractivity contribution >= 4 is 0 Å². The summed E-state index contributed by atoms with van der Waals surface area (Å²) in [6.07, 6.45) is 3.50. The summed E-state index contributed by atoms with van der Waals surface area (Å²) >= 11 is 0. The van der Waals surface area contributed by atoms with Gasteiger partial charge in [0.05, 0.1) is 19.0 Å². The van der Waals surface area contributed by atoms with Crippen molar-refractivity contribution in [3.8, 4) is 11.4 Å². The first-order chi connectivity index (χ1) is 8.76. The largest absolute Gasteiger partial charge is 0.497 e. The normalized spacial score (nSPS) is 10.6. The number of hydrogen-bond acceptors (Lipinski definition) is 3. The first-order valence-electron chi connectivity index (χ1n) is 6.05. The third-order valence-corrected chi connectivity index (χ3v) is 3.03. The van der Waals surface area contributed by atoms with E-state index in [0.717, 1.165) is 30.0 Å². The lowest BCUT2D eigenvalue weighted by Crippen LogP contribution is -2.00. The van der Waals surface area contributed by atoms with Crippen LogP contribution < -0.4 is 4.74 Å². The van der Waals surface area contributed by atoms with Crippen LogP contribution in [0.1, 0.15) is 17.7 Å². The number of nitrogens with zero attached hydrogens (tertiary/aromatic N) is 2. The average molecular weight is 246 g/mol. The maximum Gasteiger partial charge on any atom is 0.119 e. The molecule has 4 nitrogen and oxygen atoms in total. The number of methoxy groups -OCH3 is 1. The zero-order valence-corrected chi connectivity index (χ0v) is 10.8. The summed E-state index contributed by atoms with van der Waals surface area (Å²) in [5, 5.41) is 13.2. The quantitative estimate of drug-likeness (QED) is 0.879.